The van der Waals surface area contributed by atoms with Crippen LogP contribution in [0.3, 0.4) is 0 Å². The highest BCUT2D eigenvalue weighted by atomic mass is 35.7. The van der Waals surface area contributed by atoms with E-state index in [1.54, 1.807) is 0 Å². The van der Waals surface area contributed by atoms with Gasteiger partial charge in [-0.1, -0.05) is 0 Å². The van der Waals surface area contributed by atoms with Crippen molar-refractivity contribution in [3.63, 3.8) is 0 Å². The van der Waals surface area contributed by atoms with Crippen LogP contribution in [0.15, 0.2) is 0 Å². The van der Waals surface area contributed by atoms with Crippen LogP contribution in [0.25, 0.3) is 0 Å². The lowest BCUT2D eigenvalue weighted by Crippen LogP contribution is -2.28. The van der Waals surface area contributed by atoms with E-state index in [-0.39, 0.29) is 13.0 Å². The molecule has 1 rings (SSSR count). The van der Waals surface area contributed by atoms with Crippen LogP contribution in [0.4, 0.5) is 4.39 Å². The molecular weight excluding hydrogens is 181 g/mol. The van der Waals surface area contributed by atoms with Gasteiger partial charge in [-0.25, -0.2) is 4.39 Å². The van der Waals surface area contributed by atoms with Crippen molar-refractivity contribution < 1.29 is 12.8 Å². The van der Waals surface area contributed by atoms with E-state index in [0.29, 0.717) is 10.7 Å². The SMILES string of the molecule is O=S(=O)(Cl)N1CCC[C@H]1F. The maximum Gasteiger partial charge on any atom is 0.302 e. The number of hydrogen-bond donors (Lipinski definition) is 0. The molecule has 0 aromatic rings. The first-order chi connectivity index (χ1) is 4.52. The van der Waals surface area contributed by atoms with Gasteiger partial charge in [-0.3, -0.25) is 0 Å². The van der Waals surface area contributed by atoms with E-state index < -0.39 is 15.5 Å². The summed E-state index contributed by atoms with van der Waals surface area (Å²) in [6.07, 6.45) is -0.610. The molecule has 0 bridgehead atoms. The molecule has 0 aliphatic carbocycles. The van der Waals surface area contributed by atoms with Crippen LogP contribution < -0.4 is 0 Å². The van der Waals surface area contributed by atoms with Gasteiger partial charge in [0.2, 0.25) is 0 Å². The zero-order valence-electron chi connectivity index (χ0n) is 5.13. The van der Waals surface area contributed by atoms with Crippen molar-refractivity contribution >= 4 is 19.9 Å². The predicted molar refractivity (Wildman–Crippen MR) is 35.6 cm³/mol. The molecule has 3 nitrogen and oxygen atoms in total. The van der Waals surface area contributed by atoms with Crippen LogP contribution in [0, 0.1) is 0 Å². The summed E-state index contributed by atoms with van der Waals surface area (Å²) in [6, 6.07) is 0. The monoisotopic (exact) mass is 187 g/mol. The Morgan fingerprint density at radius 3 is 2.40 bits per heavy atom. The number of rotatable bonds is 1. The van der Waals surface area contributed by atoms with E-state index in [1.165, 1.54) is 0 Å². The second-order valence-corrected chi connectivity index (χ2v) is 4.59. The predicted octanol–water partition coefficient (Wildman–Crippen LogP) is 0.861. The van der Waals surface area contributed by atoms with Crippen molar-refractivity contribution in [2.75, 3.05) is 6.54 Å². The van der Waals surface area contributed by atoms with E-state index in [9.17, 15) is 12.8 Å². The van der Waals surface area contributed by atoms with Crippen LogP contribution in [-0.2, 0) is 9.24 Å². The Morgan fingerprint density at radius 1 is 1.60 bits per heavy atom. The Bertz CT molecular complexity index is 217. The van der Waals surface area contributed by atoms with Crippen LogP contribution in [0.2, 0.25) is 0 Å². The summed E-state index contributed by atoms with van der Waals surface area (Å²) >= 11 is 0. The highest BCUT2D eigenvalue weighted by molar-refractivity contribution is 8.11. The average molecular weight is 188 g/mol. The third-order valence-electron chi connectivity index (χ3n) is 1.41. The van der Waals surface area contributed by atoms with E-state index >= 15 is 0 Å². The van der Waals surface area contributed by atoms with E-state index in [1.807, 2.05) is 0 Å². The van der Waals surface area contributed by atoms with Gasteiger partial charge in [0.05, 0.1) is 0 Å². The third-order valence-corrected chi connectivity index (χ3v) is 2.92. The molecule has 1 atom stereocenters. The molecule has 1 heterocycles. The molecule has 0 N–H and O–H groups in total. The van der Waals surface area contributed by atoms with Gasteiger partial charge in [-0.2, -0.15) is 12.7 Å². The Balaban J connectivity index is 2.74. The highest BCUT2D eigenvalue weighted by Gasteiger charge is 2.32. The van der Waals surface area contributed by atoms with Gasteiger partial charge in [-0.15, -0.1) is 0 Å². The normalized spacial score (nSPS) is 29.2. The van der Waals surface area contributed by atoms with Crippen LogP contribution >= 0.6 is 10.7 Å². The lowest BCUT2D eigenvalue weighted by molar-refractivity contribution is 0.214. The molecule has 60 valence electrons. The molecule has 0 amide bonds. The lowest BCUT2D eigenvalue weighted by atomic mass is 10.4. The molecule has 10 heavy (non-hydrogen) atoms. The fraction of sp³-hybridized carbons (Fsp3) is 1.00. The smallest absolute Gasteiger partial charge is 0.229 e. The van der Waals surface area contributed by atoms with E-state index in [4.69, 9.17) is 10.7 Å². The largest absolute Gasteiger partial charge is 0.302 e. The molecule has 1 fully saturated rings. The van der Waals surface area contributed by atoms with Gasteiger partial charge in [-0.05, 0) is 12.8 Å². The van der Waals surface area contributed by atoms with Crippen molar-refractivity contribution in [3.05, 3.63) is 0 Å². The molecule has 6 heteroatoms. The van der Waals surface area contributed by atoms with Crippen LogP contribution in [-0.4, -0.2) is 25.6 Å². The van der Waals surface area contributed by atoms with Gasteiger partial charge in [0.1, 0.15) is 0 Å². The summed E-state index contributed by atoms with van der Waals surface area (Å²) in [5.74, 6) is 0. The molecule has 0 unspecified atom stereocenters. The van der Waals surface area contributed by atoms with Crippen molar-refractivity contribution in [2.45, 2.75) is 19.1 Å². The van der Waals surface area contributed by atoms with Gasteiger partial charge in [0.25, 0.3) is 0 Å². The first-order valence-corrected chi connectivity index (χ1v) is 5.14. The van der Waals surface area contributed by atoms with Gasteiger partial charge in [0.15, 0.2) is 6.30 Å². The summed E-state index contributed by atoms with van der Waals surface area (Å²) < 4.78 is 34.2. The third kappa shape index (κ3) is 1.59. The number of nitrogens with zero attached hydrogens (tertiary/aromatic N) is 1. The quantitative estimate of drug-likeness (QED) is 0.451. The molecule has 1 aliphatic rings. The fourth-order valence-electron chi connectivity index (χ4n) is 0.945. The molecule has 0 spiro atoms. The van der Waals surface area contributed by atoms with Gasteiger partial charge >= 0.3 is 9.24 Å². The summed E-state index contributed by atoms with van der Waals surface area (Å²) in [7, 11) is 1.07. The standard InChI is InChI=1S/C4H7ClFNO2S/c5-10(8,9)7-3-1-2-4(7)6/h4H,1-3H2/t4-/m0/s1. The Hall–Kier alpha value is 0.130. The van der Waals surface area contributed by atoms with Gasteiger partial charge in [0, 0.05) is 17.2 Å². The molecule has 0 aromatic carbocycles. The zero-order valence-corrected chi connectivity index (χ0v) is 6.70. The molecule has 1 saturated heterocycles. The van der Waals surface area contributed by atoms with Crippen LogP contribution in [0.1, 0.15) is 12.8 Å². The molecule has 1 aliphatic heterocycles. The highest BCUT2D eigenvalue weighted by Crippen LogP contribution is 2.23. The summed E-state index contributed by atoms with van der Waals surface area (Å²) in [4.78, 5) is 0. The first kappa shape index (κ1) is 8.23. The minimum atomic E-state index is -3.82. The Morgan fingerprint density at radius 2 is 2.20 bits per heavy atom. The Labute approximate surface area is 63.3 Å². The summed E-state index contributed by atoms with van der Waals surface area (Å²) in [5, 5.41) is 0. The van der Waals surface area contributed by atoms with E-state index in [0.717, 1.165) is 0 Å². The van der Waals surface area contributed by atoms with Gasteiger partial charge < -0.3 is 0 Å². The number of hydrogen-bond acceptors (Lipinski definition) is 2. The number of alkyl halides is 1. The van der Waals surface area contributed by atoms with Crippen molar-refractivity contribution in [1.29, 1.82) is 0 Å². The second kappa shape index (κ2) is 2.64. The average Bonchev–Trinajstić information content (AvgIpc) is 2.11. The second-order valence-electron chi connectivity index (χ2n) is 2.13. The van der Waals surface area contributed by atoms with E-state index in [2.05, 4.69) is 0 Å². The fourth-order valence-corrected chi connectivity index (χ4v) is 2.14. The van der Waals surface area contributed by atoms with Crippen LogP contribution in [0.5, 0.6) is 0 Å². The Kier molecular flexibility index (Phi) is 2.17. The lowest BCUT2D eigenvalue weighted by Gasteiger charge is -2.11. The maximum absolute atomic E-state index is 12.5. The minimum Gasteiger partial charge on any atom is -0.229 e. The van der Waals surface area contributed by atoms with Crippen molar-refractivity contribution in [3.8, 4) is 0 Å². The first-order valence-electron chi connectivity index (χ1n) is 2.87. The summed E-state index contributed by atoms with van der Waals surface area (Å²) in [5.41, 5.74) is 0. The maximum atomic E-state index is 12.5. The number of halogens is 2. The zero-order chi connectivity index (χ0) is 7.78. The molecule has 0 aromatic heterocycles. The van der Waals surface area contributed by atoms with Crippen molar-refractivity contribution in [1.82, 2.24) is 4.31 Å². The topological polar surface area (TPSA) is 37.4 Å². The summed E-state index contributed by atoms with van der Waals surface area (Å²) in [6.45, 7) is 0.201. The van der Waals surface area contributed by atoms with Crippen molar-refractivity contribution in [2.24, 2.45) is 0 Å². The molecule has 0 saturated carbocycles. The molecule has 0 radical (unpaired) electrons. The minimum absolute atomic E-state index is 0.201. The molecular formula is C4H7ClFNO2S.